The van der Waals surface area contributed by atoms with Crippen LogP contribution in [0.2, 0.25) is 0 Å². The van der Waals surface area contributed by atoms with E-state index in [4.69, 9.17) is 19.6 Å². The second kappa shape index (κ2) is 9.33. The smallest absolute Gasteiger partial charge is 0.231 e. The van der Waals surface area contributed by atoms with Crippen molar-refractivity contribution in [3.05, 3.63) is 23.8 Å². The van der Waals surface area contributed by atoms with E-state index >= 15 is 0 Å². The van der Waals surface area contributed by atoms with Gasteiger partial charge in [-0.05, 0) is 58.6 Å². The second-order valence-electron chi connectivity index (χ2n) is 11.2. The third-order valence-corrected chi connectivity index (χ3v) is 7.17. The third-order valence-electron chi connectivity index (χ3n) is 7.17. The first-order chi connectivity index (χ1) is 16.4. The van der Waals surface area contributed by atoms with Crippen molar-refractivity contribution in [2.45, 2.75) is 76.6 Å². The van der Waals surface area contributed by atoms with Crippen molar-refractivity contribution in [3.63, 3.8) is 0 Å². The van der Waals surface area contributed by atoms with Crippen molar-refractivity contribution >= 4 is 17.8 Å². The lowest BCUT2D eigenvalue weighted by atomic mass is 9.89. The fourth-order valence-corrected chi connectivity index (χ4v) is 5.44. The van der Waals surface area contributed by atoms with Gasteiger partial charge in [-0.25, -0.2) is 0 Å². The Morgan fingerprint density at radius 3 is 2.71 bits per heavy atom. The van der Waals surface area contributed by atoms with Gasteiger partial charge in [0.05, 0.1) is 13.2 Å². The molecule has 1 aliphatic carbocycles. The Balaban J connectivity index is 1.49. The number of hydrogen-bond donors (Lipinski definition) is 3. The molecule has 9 nitrogen and oxygen atoms in total. The fourth-order valence-electron chi connectivity index (χ4n) is 5.44. The highest BCUT2D eigenvalue weighted by Gasteiger charge is 2.53. The first-order valence-electron chi connectivity index (χ1n) is 12.3. The summed E-state index contributed by atoms with van der Waals surface area (Å²) in [5, 5.41) is 14.9. The molecule has 3 aliphatic rings. The van der Waals surface area contributed by atoms with E-state index < -0.39 is 11.1 Å². The Kier molecular flexibility index (Phi) is 6.74. The summed E-state index contributed by atoms with van der Waals surface area (Å²) in [5.74, 6) is 1.21. The van der Waals surface area contributed by atoms with Gasteiger partial charge in [0.2, 0.25) is 11.8 Å². The molecule has 2 aliphatic heterocycles. The zero-order valence-corrected chi connectivity index (χ0v) is 21.6. The Hall–Kier alpha value is -2.81. The van der Waals surface area contributed by atoms with Crippen molar-refractivity contribution < 1.29 is 23.8 Å². The van der Waals surface area contributed by atoms with E-state index in [0.717, 1.165) is 11.3 Å². The molecule has 0 unspecified atom stereocenters. The van der Waals surface area contributed by atoms with Crippen LogP contribution in [-0.2, 0) is 14.3 Å². The third kappa shape index (κ3) is 5.39. The molecule has 2 heterocycles. The molecule has 0 radical (unpaired) electrons. The molecule has 2 fully saturated rings. The predicted molar refractivity (Wildman–Crippen MR) is 131 cm³/mol. The molecule has 1 saturated heterocycles. The van der Waals surface area contributed by atoms with E-state index in [2.05, 4.69) is 10.6 Å². The molecule has 1 saturated carbocycles. The normalized spacial score (nSPS) is 27.3. The number of ether oxygens (including phenoxy) is 3. The molecule has 0 bridgehead atoms. The van der Waals surface area contributed by atoms with E-state index in [9.17, 15) is 9.59 Å². The summed E-state index contributed by atoms with van der Waals surface area (Å²) in [6.45, 7) is 8.31. The predicted octanol–water partition coefficient (Wildman–Crippen LogP) is 2.99. The fraction of sp³-hybridized carbons (Fsp3) is 0.654. The van der Waals surface area contributed by atoms with E-state index in [1.165, 1.54) is 0 Å². The second-order valence-corrected chi connectivity index (χ2v) is 11.2. The minimum absolute atomic E-state index is 0.0133. The number of carbonyl (C=O) groups excluding carboxylic acids is 2. The minimum Gasteiger partial charge on any atom is -0.497 e. The summed E-state index contributed by atoms with van der Waals surface area (Å²) in [4.78, 5) is 27.9. The number of benzene rings is 1. The summed E-state index contributed by atoms with van der Waals surface area (Å²) in [7, 11) is 3.24. The standard InChI is InChI=1S/C26H38N4O5/c1-25(2)14-22(31)30(24(27)29-25)20(9-10-33-5)17-12-18(17)23(32)28-19-13-26(3,4)35-21-11-15(34-6)7-8-16(19)21/h7-8,11,17-20H,9-10,12-14H2,1-6H3,(H2,27,29)(H,28,32)/t17-,18-,19-,20-/m1/s1. The van der Waals surface area contributed by atoms with Gasteiger partial charge >= 0.3 is 0 Å². The Labute approximate surface area is 207 Å². The molecule has 1 aromatic carbocycles. The van der Waals surface area contributed by atoms with Gasteiger partial charge in [-0.2, -0.15) is 0 Å². The van der Waals surface area contributed by atoms with Gasteiger partial charge in [0, 0.05) is 55.7 Å². The largest absolute Gasteiger partial charge is 0.497 e. The van der Waals surface area contributed by atoms with Gasteiger partial charge in [0.15, 0.2) is 5.96 Å². The highest BCUT2D eigenvalue weighted by atomic mass is 16.5. The van der Waals surface area contributed by atoms with Crippen LogP contribution in [0.3, 0.4) is 0 Å². The van der Waals surface area contributed by atoms with E-state index in [-0.39, 0.29) is 41.7 Å². The van der Waals surface area contributed by atoms with Crippen LogP contribution >= 0.6 is 0 Å². The molecule has 35 heavy (non-hydrogen) atoms. The van der Waals surface area contributed by atoms with Crippen molar-refractivity contribution in [2.75, 3.05) is 20.8 Å². The van der Waals surface area contributed by atoms with Crippen molar-refractivity contribution in [1.29, 1.82) is 5.41 Å². The first kappa shape index (κ1) is 25.3. The number of nitrogens with zero attached hydrogens (tertiary/aromatic N) is 1. The lowest BCUT2D eigenvalue weighted by Crippen LogP contribution is -2.63. The average Bonchev–Trinajstić information content (AvgIpc) is 3.54. The van der Waals surface area contributed by atoms with Crippen LogP contribution in [0, 0.1) is 17.2 Å². The number of carbonyl (C=O) groups is 2. The number of rotatable bonds is 8. The van der Waals surface area contributed by atoms with Crippen LogP contribution < -0.4 is 20.1 Å². The van der Waals surface area contributed by atoms with Gasteiger partial charge < -0.3 is 24.8 Å². The number of methoxy groups -OCH3 is 2. The maximum Gasteiger partial charge on any atom is 0.231 e. The summed E-state index contributed by atoms with van der Waals surface area (Å²) < 4.78 is 16.8. The lowest BCUT2D eigenvalue weighted by Gasteiger charge is -2.42. The zero-order chi connectivity index (χ0) is 25.5. The van der Waals surface area contributed by atoms with Gasteiger partial charge in [0.25, 0.3) is 0 Å². The minimum atomic E-state index is -0.456. The molecule has 4 atom stereocenters. The molecule has 3 N–H and O–H groups in total. The highest BCUT2D eigenvalue weighted by molar-refractivity contribution is 5.99. The number of guanidine groups is 1. The lowest BCUT2D eigenvalue weighted by molar-refractivity contribution is -0.133. The monoisotopic (exact) mass is 486 g/mol. The molecule has 4 rings (SSSR count). The zero-order valence-electron chi connectivity index (χ0n) is 21.6. The Morgan fingerprint density at radius 2 is 2.06 bits per heavy atom. The molecule has 1 aromatic rings. The van der Waals surface area contributed by atoms with Crippen LogP contribution in [0.5, 0.6) is 11.5 Å². The number of fused-ring (bicyclic) bond motifs is 1. The van der Waals surface area contributed by atoms with Crippen LogP contribution in [0.1, 0.15) is 65.0 Å². The van der Waals surface area contributed by atoms with Crippen LogP contribution in [0.25, 0.3) is 0 Å². The Morgan fingerprint density at radius 1 is 1.31 bits per heavy atom. The van der Waals surface area contributed by atoms with E-state index in [1.54, 1.807) is 19.1 Å². The number of amides is 2. The summed E-state index contributed by atoms with van der Waals surface area (Å²) in [6, 6.07) is 5.25. The Bertz CT molecular complexity index is 987. The topological polar surface area (TPSA) is 113 Å². The highest BCUT2D eigenvalue weighted by Crippen LogP contribution is 2.47. The maximum atomic E-state index is 13.4. The first-order valence-corrected chi connectivity index (χ1v) is 12.3. The molecule has 0 spiro atoms. The number of nitrogens with one attached hydrogen (secondary N) is 3. The molecule has 9 heteroatoms. The van der Waals surface area contributed by atoms with Crippen LogP contribution in [0.4, 0.5) is 0 Å². The van der Waals surface area contributed by atoms with Gasteiger partial charge in [-0.1, -0.05) is 0 Å². The molecular formula is C26H38N4O5. The van der Waals surface area contributed by atoms with Crippen molar-refractivity contribution in [3.8, 4) is 11.5 Å². The van der Waals surface area contributed by atoms with Crippen LogP contribution in [-0.4, -0.2) is 60.7 Å². The van der Waals surface area contributed by atoms with Crippen molar-refractivity contribution in [2.24, 2.45) is 11.8 Å². The molecular weight excluding hydrogens is 448 g/mol. The van der Waals surface area contributed by atoms with Crippen molar-refractivity contribution in [1.82, 2.24) is 15.5 Å². The van der Waals surface area contributed by atoms with Gasteiger partial charge in [-0.3, -0.25) is 19.9 Å². The summed E-state index contributed by atoms with van der Waals surface area (Å²) >= 11 is 0. The van der Waals surface area contributed by atoms with E-state index in [0.29, 0.717) is 38.0 Å². The SMILES string of the molecule is COCC[C@H]([C@@H]1C[C@H]1C(=O)N[C@@H]1CC(C)(C)Oc2cc(OC)ccc21)N1C(=N)NC(C)(C)CC1=O. The molecule has 0 aromatic heterocycles. The summed E-state index contributed by atoms with van der Waals surface area (Å²) in [5.41, 5.74) is 0.0450. The van der Waals surface area contributed by atoms with E-state index in [1.807, 2.05) is 45.9 Å². The molecule has 2 amide bonds. The van der Waals surface area contributed by atoms with Gasteiger partial charge in [0.1, 0.15) is 17.1 Å². The maximum absolute atomic E-state index is 13.4. The molecule has 192 valence electrons. The quantitative estimate of drug-likeness (QED) is 0.521. The summed E-state index contributed by atoms with van der Waals surface area (Å²) in [6.07, 6.45) is 2.22. The number of hydrogen-bond acceptors (Lipinski definition) is 6. The van der Waals surface area contributed by atoms with Gasteiger partial charge in [-0.15, -0.1) is 0 Å². The van der Waals surface area contributed by atoms with Crippen LogP contribution in [0.15, 0.2) is 18.2 Å². The average molecular weight is 487 g/mol.